The molecule has 2 heterocycles. The molecular weight excluding hydrogens is 424 g/mol. The van der Waals surface area contributed by atoms with Gasteiger partial charge in [-0.1, -0.05) is 11.6 Å². The van der Waals surface area contributed by atoms with Crippen LogP contribution in [0.2, 0.25) is 5.02 Å². The Morgan fingerprint density at radius 1 is 1.00 bits per heavy atom. The Bertz CT molecular complexity index is 1130. The minimum atomic E-state index is -3.89. The first-order valence-corrected chi connectivity index (χ1v) is 12.2. The molecule has 1 N–H and O–H groups in total. The van der Waals surface area contributed by atoms with Gasteiger partial charge in [0.15, 0.2) is 0 Å². The molecule has 2 aliphatic heterocycles. The number of nitrogens with zero attached hydrogens (tertiary/aromatic N) is 1. The molecule has 0 bridgehead atoms. The van der Waals surface area contributed by atoms with Gasteiger partial charge in [0, 0.05) is 19.5 Å². The molecule has 2 aliphatic rings. The van der Waals surface area contributed by atoms with Gasteiger partial charge in [0.05, 0.1) is 22.2 Å². The number of ether oxygens (including phenoxy) is 1. The van der Waals surface area contributed by atoms with Gasteiger partial charge in [-0.15, -0.1) is 0 Å². The zero-order chi connectivity index (χ0) is 19.9. The minimum absolute atomic E-state index is 0.0597. The molecule has 10 heteroatoms. The van der Waals surface area contributed by atoms with Crippen molar-refractivity contribution in [2.45, 2.75) is 29.1 Å². The van der Waals surface area contributed by atoms with Crippen LogP contribution in [0.25, 0.3) is 0 Å². The lowest BCUT2D eigenvalue weighted by molar-refractivity contribution is 0.356. The van der Waals surface area contributed by atoms with Crippen LogP contribution >= 0.6 is 11.6 Å². The molecule has 2 aromatic rings. The molecule has 28 heavy (non-hydrogen) atoms. The second-order valence-corrected chi connectivity index (χ2v) is 10.7. The average molecular weight is 443 g/mol. The zero-order valence-electron chi connectivity index (χ0n) is 14.9. The van der Waals surface area contributed by atoms with E-state index < -0.39 is 20.0 Å². The van der Waals surface area contributed by atoms with Gasteiger partial charge in [0.2, 0.25) is 10.0 Å². The quantitative estimate of drug-likeness (QED) is 0.768. The number of nitrogens with one attached hydrogen (secondary N) is 1. The lowest BCUT2D eigenvalue weighted by atomic mass is 10.2. The maximum atomic E-state index is 12.8. The lowest BCUT2D eigenvalue weighted by Crippen LogP contribution is -2.28. The fourth-order valence-electron chi connectivity index (χ4n) is 3.38. The average Bonchev–Trinajstić information content (AvgIpc) is 3.34. The molecule has 0 radical (unpaired) electrons. The number of hydrogen-bond acceptors (Lipinski definition) is 5. The van der Waals surface area contributed by atoms with Crippen LogP contribution in [-0.4, -0.2) is 40.8 Å². The molecule has 0 amide bonds. The highest BCUT2D eigenvalue weighted by atomic mass is 35.5. The Labute approximate surface area is 169 Å². The van der Waals surface area contributed by atoms with Crippen molar-refractivity contribution in [3.05, 3.63) is 47.0 Å². The normalized spacial score (nSPS) is 17.3. The molecule has 7 nitrogen and oxygen atoms in total. The summed E-state index contributed by atoms with van der Waals surface area (Å²) in [5.41, 5.74) is 0.968. The predicted octanol–water partition coefficient (Wildman–Crippen LogP) is 2.86. The fraction of sp³-hybridized carbons (Fsp3) is 0.333. The molecule has 0 aromatic heterocycles. The van der Waals surface area contributed by atoms with E-state index in [-0.39, 0.29) is 20.5 Å². The first-order chi connectivity index (χ1) is 13.3. The standard InChI is InChI=1S/C18H19ClN2O5S2/c19-16-5-3-14(12-18(16)28(24,25)21-8-1-2-9-21)20-27(22,23)15-4-6-17-13(11-15)7-10-26-17/h3-6,11-12,20H,1-2,7-10H2. The highest BCUT2D eigenvalue weighted by Crippen LogP contribution is 2.32. The summed E-state index contributed by atoms with van der Waals surface area (Å²) in [7, 11) is -7.66. The van der Waals surface area contributed by atoms with Gasteiger partial charge in [-0.3, -0.25) is 4.72 Å². The summed E-state index contributed by atoms with van der Waals surface area (Å²) >= 11 is 6.11. The van der Waals surface area contributed by atoms with E-state index in [1.54, 1.807) is 12.1 Å². The van der Waals surface area contributed by atoms with Crippen LogP contribution < -0.4 is 9.46 Å². The van der Waals surface area contributed by atoms with E-state index in [0.29, 0.717) is 31.9 Å². The predicted molar refractivity (Wildman–Crippen MR) is 106 cm³/mol. The van der Waals surface area contributed by atoms with Crippen molar-refractivity contribution in [2.75, 3.05) is 24.4 Å². The molecule has 0 aliphatic carbocycles. The summed E-state index contributed by atoms with van der Waals surface area (Å²) in [6.45, 7) is 1.40. The van der Waals surface area contributed by atoms with Gasteiger partial charge in [0.25, 0.3) is 10.0 Å². The van der Waals surface area contributed by atoms with Gasteiger partial charge in [-0.2, -0.15) is 4.31 Å². The Balaban J connectivity index is 1.65. The summed E-state index contributed by atoms with van der Waals surface area (Å²) in [6, 6.07) is 8.76. The summed E-state index contributed by atoms with van der Waals surface area (Å²) < 4.78 is 60.4. The van der Waals surface area contributed by atoms with Crippen LogP contribution in [0.4, 0.5) is 5.69 Å². The maximum absolute atomic E-state index is 12.8. The lowest BCUT2D eigenvalue weighted by Gasteiger charge is -2.17. The van der Waals surface area contributed by atoms with E-state index in [1.807, 2.05) is 0 Å². The van der Waals surface area contributed by atoms with E-state index in [2.05, 4.69) is 4.72 Å². The Morgan fingerprint density at radius 3 is 2.50 bits per heavy atom. The molecule has 0 spiro atoms. The summed E-state index contributed by atoms with van der Waals surface area (Å²) in [5, 5.41) is 0.0597. The van der Waals surface area contributed by atoms with Crippen molar-refractivity contribution in [1.82, 2.24) is 4.31 Å². The van der Waals surface area contributed by atoms with E-state index in [0.717, 1.165) is 18.4 Å². The molecule has 2 aromatic carbocycles. The van der Waals surface area contributed by atoms with Gasteiger partial charge < -0.3 is 4.74 Å². The monoisotopic (exact) mass is 442 g/mol. The van der Waals surface area contributed by atoms with Crippen molar-refractivity contribution in [3.8, 4) is 5.75 Å². The molecule has 1 fully saturated rings. The van der Waals surface area contributed by atoms with Gasteiger partial charge in [0.1, 0.15) is 10.6 Å². The highest BCUT2D eigenvalue weighted by Gasteiger charge is 2.30. The number of sulfonamides is 2. The first-order valence-electron chi connectivity index (χ1n) is 8.86. The third-order valence-corrected chi connectivity index (χ3v) is 8.60. The molecule has 1 saturated heterocycles. The SMILES string of the molecule is O=S(=O)(Nc1ccc(Cl)c(S(=O)(=O)N2CCCC2)c1)c1ccc2c(c1)CCO2. The Morgan fingerprint density at radius 2 is 1.75 bits per heavy atom. The van der Waals surface area contributed by atoms with Gasteiger partial charge in [-0.25, -0.2) is 16.8 Å². The summed E-state index contributed by atoms with van der Waals surface area (Å²) in [5.74, 6) is 0.685. The number of fused-ring (bicyclic) bond motifs is 1. The van der Waals surface area contributed by atoms with Crippen LogP contribution in [0.15, 0.2) is 46.2 Å². The van der Waals surface area contributed by atoms with Gasteiger partial charge >= 0.3 is 0 Å². The largest absolute Gasteiger partial charge is 0.493 e. The van der Waals surface area contributed by atoms with Crippen LogP contribution in [0.1, 0.15) is 18.4 Å². The van der Waals surface area contributed by atoms with E-state index in [4.69, 9.17) is 16.3 Å². The number of halogens is 1. The zero-order valence-corrected chi connectivity index (χ0v) is 17.3. The van der Waals surface area contributed by atoms with Crippen LogP contribution in [0.5, 0.6) is 5.75 Å². The minimum Gasteiger partial charge on any atom is -0.493 e. The third kappa shape index (κ3) is 3.59. The van der Waals surface area contributed by atoms with Gasteiger partial charge in [-0.05, 0) is 54.8 Å². The van der Waals surface area contributed by atoms with Crippen molar-refractivity contribution in [3.63, 3.8) is 0 Å². The van der Waals surface area contributed by atoms with Crippen molar-refractivity contribution in [1.29, 1.82) is 0 Å². The summed E-state index contributed by atoms with van der Waals surface area (Å²) in [4.78, 5) is -0.00531. The third-order valence-electron chi connectivity index (χ3n) is 4.84. The molecule has 0 unspecified atom stereocenters. The van der Waals surface area contributed by atoms with Crippen LogP contribution in [0.3, 0.4) is 0 Å². The van der Waals surface area contributed by atoms with Crippen molar-refractivity contribution >= 4 is 37.3 Å². The summed E-state index contributed by atoms with van der Waals surface area (Å²) in [6.07, 6.45) is 2.24. The van der Waals surface area contributed by atoms with Crippen molar-refractivity contribution < 1.29 is 21.6 Å². The molecule has 0 saturated carbocycles. The first kappa shape index (κ1) is 19.5. The topological polar surface area (TPSA) is 92.8 Å². The van der Waals surface area contributed by atoms with Crippen molar-refractivity contribution in [2.24, 2.45) is 0 Å². The molecule has 0 atom stereocenters. The second kappa shape index (κ2) is 7.22. The van der Waals surface area contributed by atoms with E-state index >= 15 is 0 Å². The number of rotatable bonds is 5. The number of benzene rings is 2. The van der Waals surface area contributed by atoms with Crippen LogP contribution in [0, 0.1) is 0 Å². The Kier molecular flexibility index (Phi) is 5.03. The smallest absolute Gasteiger partial charge is 0.261 e. The number of hydrogen-bond donors (Lipinski definition) is 1. The van der Waals surface area contributed by atoms with E-state index in [1.165, 1.54) is 28.6 Å². The second-order valence-electron chi connectivity index (χ2n) is 6.73. The molecule has 150 valence electrons. The van der Waals surface area contributed by atoms with Crippen LogP contribution in [-0.2, 0) is 26.5 Å². The highest BCUT2D eigenvalue weighted by molar-refractivity contribution is 7.92. The fourth-order valence-corrected chi connectivity index (χ4v) is 6.49. The molecule has 4 rings (SSSR count). The van der Waals surface area contributed by atoms with E-state index in [9.17, 15) is 16.8 Å². The maximum Gasteiger partial charge on any atom is 0.261 e. The molecular formula is C18H19ClN2O5S2. The number of anilines is 1. The Hall–Kier alpha value is -1.81.